The smallest absolute Gasteiger partial charge is 0.428 e. The van der Waals surface area contributed by atoms with Gasteiger partial charge in [-0.2, -0.15) is 17.6 Å². The maximum Gasteiger partial charge on any atom is 0.428 e. The molecule has 2 aromatic rings. The number of halogens is 4. The maximum absolute atomic E-state index is 14.8. The minimum Gasteiger partial charge on any atom is -0.433 e. The molecule has 1 aliphatic rings. The Bertz CT molecular complexity index is 1050. The zero-order chi connectivity index (χ0) is 26.9. The first-order valence-electron chi connectivity index (χ1n) is 12.1. The second-order valence-electron chi connectivity index (χ2n) is 10.6. The van der Waals surface area contributed by atoms with E-state index >= 15 is 0 Å². The Morgan fingerprint density at radius 1 is 1.22 bits per heavy atom. The monoisotopic (exact) mass is 529 g/mol. The van der Waals surface area contributed by atoms with Crippen molar-refractivity contribution >= 4 is 17.4 Å². The van der Waals surface area contributed by atoms with E-state index in [4.69, 9.17) is 4.74 Å². The van der Waals surface area contributed by atoms with Gasteiger partial charge in [0, 0.05) is 40.3 Å². The number of aromatic nitrogens is 1. The van der Waals surface area contributed by atoms with E-state index in [1.165, 1.54) is 6.07 Å². The summed E-state index contributed by atoms with van der Waals surface area (Å²) in [7, 11) is 0. The van der Waals surface area contributed by atoms with Crippen molar-refractivity contribution in [3.05, 3.63) is 51.7 Å². The fourth-order valence-electron chi connectivity index (χ4n) is 4.96. The molecule has 3 heterocycles. The number of ether oxygens (including phenoxy) is 1. The summed E-state index contributed by atoms with van der Waals surface area (Å²) in [6.07, 6.45) is -3.69. The Morgan fingerprint density at radius 2 is 1.92 bits per heavy atom. The highest BCUT2D eigenvalue weighted by Gasteiger charge is 2.68. The van der Waals surface area contributed by atoms with Gasteiger partial charge in [-0.1, -0.05) is 6.07 Å². The summed E-state index contributed by atoms with van der Waals surface area (Å²) < 4.78 is 63.4. The summed E-state index contributed by atoms with van der Waals surface area (Å²) in [5.41, 5.74) is -3.08. The van der Waals surface area contributed by atoms with E-state index in [1.54, 1.807) is 26.1 Å². The number of aryl methyl sites for hydroxylation is 2. The van der Waals surface area contributed by atoms with Gasteiger partial charge in [-0.25, -0.2) is 4.79 Å². The van der Waals surface area contributed by atoms with E-state index in [1.807, 2.05) is 37.8 Å². The van der Waals surface area contributed by atoms with Crippen LogP contribution in [0.25, 0.3) is 0 Å². The summed E-state index contributed by atoms with van der Waals surface area (Å²) in [5, 5.41) is 2.05. The van der Waals surface area contributed by atoms with Crippen LogP contribution in [0.2, 0.25) is 0 Å². The highest BCUT2D eigenvalue weighted by Crippen LogP contribution is 2.55. The van der Waals surface area contributed by atoms with Crippen LogP contribution in [0.15, 0.2) is 30.5 Å². The molecule has 1 amide bonds. The number of carbonyl (C=O) groups excluding carboxylic acids is 1. The number of amides is 1. The van der Waals surface area contributed by atoms with Crippen molar-refractivity contribution in [1.29, 1.82) is 0 Å². The molecule has 2 atom stereocenters. The Kier molecular flexibility index (Phi) is 8.10. The first kappa shape index (κ1) is 28.4. The van der Waals surface area contributed by atoms with Gasteiger partial charge in [-0.05, 0) is 91.1 Å². The molecule has 36 heavy (non-hydrogen) atoms. The van der Waals surface area contributed by atoms with E-state index in [0.29, 0.717) is 11.4 Å². The molecule has 3 rings (SSSR count). The van der Waals surface area contributed by atoms with Crippen LogP contribution >= 0.6 is 11.3 Å². The molecular formula is C26H35F4N3O2S. The predicted octanol–water partition coefficient (Wildman–Crippen LogP) is 6.61. The van der Waals surface area contributed by atoms with Crippen molar-refractivity contribution in [2.45, 2.75) is 84.2 Å². The SMILES string of the molecule is Cc1ccc(C(C)(C)N2CC[C@@](CCc3ccc(F)s3)(C(C)(OC(=O)NC(C)C)C(F)(F)F)C2)cn1. The summed E-state index contributed by atoms with van der Waals surface area (Å²) in [6, 6.07) is 6.35. The number of thiophene rings is 1. The van der Waals surface area contributed by atoms with E-state index < -0.39 is 28.8 Å². The summed E-state index contributed by atoms with van der Waals surface area (Å²) in [6.45, 7) is 10.5. The zero-order valence-corrected chi connectivity index (χ0v) is 22.4. The molecular weight excluding hydrogens is 494 g/mol. The lowest BCUT2D eigenvalue weighted by Crippen LogP contribution is -2.61. The first-order valence-corrected chi connectivity index (χ1v) is 12.9. The minimum atomic E-state index is -4.83. The predicted molar refractivity (Wildman–Crippen MR) is 132 cm³/mol. The van der Waals surface area contributed by atoms with Crippen LogP contribution in [-0.4, -0.2) is 46.9 Å². The zero-order valence-electron chi connectivity index (χ0n) is 21.6. The second kappa shape index (κ2) is 10.3. The third kappa shape index (κ3) is 5.69. The Labute approximate surface area is 214 Å². The molecule has 0 aromatic carbocycles. The topological polar surface area (TPSA) is 54.5 Å². The number of hydrogen-bond donors (Lipinski definition) is 1. The minimum absolute atomic E-state index is 0.0483. The van der Waals surface area contributed by atoms with Crippen LogP contribution in [0.5, 0.6) is 0 Å². The van der Waals surface area contributed by atoms with Crippen molar-refractivity contribution in [1.82, 2.24) is 15.2 Å². The lowest BCUT2D eigenvalue weighted by atomic mass is 9.68. The van der Waals surface area contributed by atoms with Gasteiger partial charge in [-0.15, -0.1) is 11.3 Å². The maximum atomic E-state index is 14.8. The number of hydrogen-bond acceptors (Lipinski definition) is 5. The van der Waals surface area contributed by atoms with Gasteiger partial charge in [-0.3, -0.25) is 9.88 Å². The summed E-state index contributed by atoms with van der Waals surface area (Å²) in [5.74, 6) is 0. The van der Waals surface area contributed by atoms with Crippen LogP contribution in [0, 0.1) is 17.5 Å². The third-order valence-electron chi connectivity index (χ3n) is 7.50. The van der Waals surface area contributed by atoms with Gasteiger partial charge in [0.05, 0.1) is 0 Å². The number of alkyl carbamates (subject to hydrolysis) is 1. The van der Waals surface area contributed by atoms with Crippen molar-refractivity contribution in [2.75, 3.05) is 13.1 Å². The average molecular weight is 530 g/mol. The van der Waals surface area contributed by atoms with Crippen LogP contribution < -0.4 is 5.32 Å². The number of carbonyl (C=O) groups is 1. The Balaban J connectivity index is 2.01. The largest absolute Gasteiger partial charge is 0.433 e. The second-order valence-corrected chi connectivity index (χ2v) is 11.7. The van der Waals surface area contributed by atoms with Gasteiger partial charge in [0.2, 0.25) is 5.60 Å². The standard InChI is InChI=1S/C26H35F4N3O2S/c1-17(2)32-22(34)35-24(6,26(28,29)30)25(12-11-20-9-10-21(27)36-20)13-14-33(16-25)23(4,5)19-8-7-18(3)31-15-19/h7-10,15,17H,11-14,16H2,1-6H3,(H,32,34)/t24?,25-/m1/s1. The lowest BCUT2D eigenvalue weighted by molar-refractivity contribution is -0.292. The Morgan fingerprint density at radius 3 is 2.44 bits per heavy atom. The highest BCUT2D eigenvalue weighted by atomic mass is 32.1. The first-order chi connectivity index (χ1) is 16.6. The van der Waals surface area contributed by atoms with Crippen molar-refractivity contribution in [3.63, 3.8) is 0 Å². The van der Waals surface area contributed by atoms with Crippen LogP contribution in [-0.2, 0) is 16.7 Å². The molecule has 1 fully saturated rings. The average Bonchev–Trinajstić information content (AvgIpc) is 3.38. The number of likely N-dealkylation sites (tertiary alicyclic amines) is 1. The van der Waals surface area contributed by atoms with E-state index in [9.17, 15) is 22.4 Å². The van der Waals surface area contributed by atoms with Gasteiger partial charge in [0.1, 0.15) is 0 Å². The van der Waals surface area contributed by atoms with Crippen LogP contribution in [0.1, 0.15) is 63.6 Å². The molecule has 1 unspecified atom stereocenters. The van der Waals surface area contributed by atoms with Crippen molar-refractivity contribution in [3.8, 4) is 0 Å². The molecule has 1 aliphatic heterocycles. The number of nitrogens with one attached hydrogen (secondary N) is 1. The molecule has 1 N–H and O–H groups in total. The molecule has 0 radical (unpaired) electrons. The van der Waals surface area contributed by atoms with Gasteiger partial charge in [0.15, 0.2) is 5.13 Å². The number of nitrogens with zero attached hydrogens (tertiary/aromatic N) is 2. The third-order valence-corrected chi connectivity index (χ3v) is 8.43. The molecule has 200 valence electrons. The van der Waals surface area contributed by atoms with Gasteiger partial charge < -0.3 is 10.1 Å². The molecule has 10 heteroatoms. The molecule has 5 nitrogen and oxygen atoms in total. The van der Waals surface area contributed by atoms with Gasteiger partial charge >= 0.3 is 12.3 Å². The molecule has 0 spiro atoms. The lowest BCUT2D eigenvalue weighted by Gasteiger charge is -2.47. The van der Waals surface area contributed by atoms with Crippen molar-refractivity contribution < 1.29 is 27.1 Å². The number of alkyl halides is 3. The van der Waals surface area contributed by atoms with E-state index in [2.05, 4.69) is 10.3 Å². The van der Waals surface area contributed by atoms with E-state index in [0.717, 1.165) is 29.5 Å². The fourth-order valence-corrected chi connectivity index (χ4v) is 5.69. The summed E-state index contributed by atoms with van der Waals surface area (Å²) >= 11 is 0.925. The molecule has 0 bridgehead atoms. The Hall–Kier alpha value is -2.20. The molecule has 1 saturated heterocycles. The highest BCUT2D eigenvalue weighted by molar-refractivity contribution is 7.10. The van der Waals surface area contributed by atoms with E-state index in [-0.39, 0.29) is 37.0 Å². The number of rotatable bonds is 8. The quantitative estimate of drug-likeness (QED) is 0.391. The fraction of sp³-hybridized carbons (Fsp3) is 0.615. The molecule has 0 aliphatic carbocycles. The van der Waals surface area contributed by atoms with Crippen molar-refractivity contribution in [2.24, 2.45) is 5.41 Å². The van der Waals surface area contributed by atoms with Crippen LogP contribution in [0.3, 0.4) is 0 Å². The molecule has 2 aromatic heterocycles. The normalized spacial score (nSPS) is 21.0. The van der Waals surface area contributed by atoms with Gasteiger partial charge in [0.25, 0.3) is 0 Å². The van der Waals surface area contributed by atoms with Crippen LogP contribution in [0.4, 0.5) is 22.4 Å². The number of pyridine rings is 1. The molecule has 0 saturated carbocycles. The summed E-state index contributed by atoms with van der Waals surface area (Å²) in [4.78, 5) is 19.5.